The molecule has 0 aromatic heterocycles. The third-order valence-electron chi connectivity index (χ3n) is 4.20. The van der Waals surface area contributed by atoms with Gasteiger partial charge in [0.2, 0.25) is 15.9 Å². The molecule has 1 saturated heterocycles. The van der Waals surface area contributed by atoms with Gasteiger partial charge in [-0.2, -0.15) is 0 Å². The number of ether oxygens (including phenoxy) is 1. The second kappa shape index (κ2) is 8.48. The average molecular weight is 354 g/mol. The maximum atomic E-state index is 12.2. The minimum atomic E-state index is -3.22. The summed E-state index contributed by atoms with van der Waals surface area (Å²) in [5, 5.41) is 2.84. The van der Waals surface area contributed by atoms with E-state index in [1.54, 1.807) is 6.92 Å². The lowest BCUT2D eigenvalue weighted by molar-refractivity contribution is -0.126. The highest BCUT2D eigenvalue weighted by Crippen LogP contribution is 2.19. The van der Waals surface area contributed by atoms with Crippen LogP contribution in [0.25, 0.3) is 0 Å². The zero-order valence-electron chi connectivity index (χ0n) is 14.3. The second-order valence-corrected chi connectivity index (χ2v) is 8.31. The van der Waals surface area contributed by atoms with E-state index in [4.69, 9.17) is 4.74 Å². The summed E-state index contributed by atoms with van der Waals surface area (Å²) in [6.07, 6.45) is 1.44. The Labute approximate surface area is 144 Å². The Morgan fingerprint density at radius 1 is 1.33 bits per heavy atom. The van der Waals surface area contributed by atoms with Crippen LogP contribution in [0.3, 0.4) is 0 Å². The molecule has 1 aliphatic heterocycles. The lowest BCUT2D eigenvalue weighted by atomic mass is 9.99. The van der Waals surface area contributed by atoms with Gasteiger partial charge in [-0.05, 0) is 38.8 Å². The Morgan fingerprint density at radius 2 is 2.04 bits per heavy atom. The summed E-state index contributed by atoms with van der Waals surface area (Å²) in [4.78, 5) is 12.2. The van der Waals surface area contributed by atoms with Gasteiger partial charge in [-0.3, -0.25) is 4.79 Å². The first-order valence-corrected chi connectivity index (χ1v) is 9.98. The number of hydrogen-bond acceptors (Lipinski definition) is 4. The van der Waals surface area contributed by atoms with Gasteiger partial charge in [-0.25, -0.2) is 12.7 Å². The first-order valence-electron chi connectivity index (χ1n) is 8.37. The molecule has 1 fully saturated rings. The zero-order valence-corrected chi connectivity index (χ0v) is 15.1. The van der Waals surface area contributed by atoms with Crippen molar-refractivity contribution in [3.63, 3.8) is 0 Å². The molecule has 1 aromatic carbocycles. The van der Waals surface area contributed by atoms with Crippen molar-refractivity contribution in [1.29, 1.82) is 0 Å². The highest BCUT2D eigenvalue weighted by atomic mass is 32.2. The van der Waals surface area contributed by atoms with Gasteiger partial charge >= 0.3 is 0 Å². The summed E-state index contributed by atoms with van der Waals surface area (Å²) in [7, 11) is -3.22. The molecular formula is C17H26N2O4S. The number of sulfonamides is 1. The number of benzene rings is 1. The highest BCUT2D eigenvalue weighted by molar-refractivity contribution is 7.89. The molecule has 1 N–H and O–H groups in total. The summed E-state index contributed by atoms with van der Waals surface area (Å²) < 4.78 is 30.9. The zero-order chi connectivity index (χ0) is 17.6. The van der Waals surface area contributed by atoms with Crippen LogP contribution in [0.15, 0.2) is 24.3 Å². The third-order valence-corrected chi connectivity index (χ3v) is 6.05. The fourth-order valence-electron chi connectivity index (χ4n) is 2.71. The normalized spacial score (nSPS) is 19.0. The van der Waals surface area contributed by atoms with Gasteiger partial charge in [-0.1, -0.05) is 17.7 Å². The average Bonchev–Trinajstić information content (AvgIpc) is 2.60. The SMILES string of the molecule is CCS(=O)(=O)N1CCC[C@H](C(=O)NCCOc2ccc(C)cc2)C1. The van der Waals surface area contributed by atoms with Crippen molar-refractivity contribution in [3.8, 4) is 5.75 Å². The summed E-state index contributed by atoms with van der Waals surface area (Å²) >= 11 is 0. The number of hydrogen-bond donors (Lipinski definition) is 1. The van der Waals surface area contributed by atoms with Crippen LogP contribution in [0.4, 0.5) is 0 Å². The molecule has 0 saturated carbocycles. The lowest BCUT2D eigenvalue weighted by Gasteiger charge is -2.30. The van der Waals surface area contributed by atoms with Crippen LogP contribution < -0.4 is 10.1 Å². The molecule has 2 rings (SSSR count). The first-order chi connectivity index (χ1) is 11.4. The van der Waals surface area contributed by atoms with Crippen molar-refractivity contribution in [2.75, 3.05) is 32.0 Å². The molecule has 0 bridgehead atoms. The fraction of sp³-hybridized carbons (Fsp3) is 0.588. The molecule has 0 radical (unpaired) electrons. The van der Waals surface area contributed by atoms with E-state index >= 15 is 0 Å². The molecule has 1 amide bonds. The summed E-state index contributed by atoms with van der Waals surface area (Å²) in [6.45, 7) is 5.22. The van der Waals surface area contributed by atoms with E-state index in [0.29, 0.717) is 19.7 Å². The van der Waals surface area contributed by atoms with Gasteiger partial charge in [0.15, 0.2) is 0 Å². The van der Waals surface area contributed by atoms with Crippen molar-refractivity contribution in [3.05, 3.63) is 29.8 Å². The van der Waals surface area contributed by atoms with Crippen molar-refractivity contribution < 1.29 is 17.9 Å². The van der Waals surface area contributed by atoms with Crippen LogP contribution in [-0.4, -0.2) is 50.6 Å². The standard InChI is InChI=1S/C17H26N2O4S/c1-3-24(21,22)19-11-4-5-15(13-19)17(20)18-10-12-23-16-8-6-14(2)7-9-16/h6-9,15H,3-5,10-13H2,1-2H3,(H,18,20)/t15-/m0/s1. The van der Waals surface area contributed by atoms with Crippen molar-refractivity contribution in [1.82, 2.24) is 9.62 Å². The number of amides is 1. The lowest BCUT2D eigenvalue weighted by Crippen LogP contribution is -2.46. The Bertz CT molecular complexity index is 643. The molecule has 1 heterocycles. The number of nitrogens with zero attached hydrogens (tertiary/aromatic N) is 1. The van der Waals surface area contributed by atoms with Crippen LogP contribution in [0.5, 0.6) is 5.75 Å². The van der Waals surface area contributed by atoms with Crippen molar-refractivity contribution in [2.24, 2.45) is 5.92 Å². The fourth-order valence-corrected chi connectivity index (χ4v) is 3.89. The molecule has 7 heteroatoms. The van der Waals surface area contributed by atoms with Crippen molar-refractivity contribution in [2.45, 2.75) is 26.7 Å². The van der Waals surface area contributed by atoms with Crippen LogP contribution in [0.1, 0.15) is 25.3 Å². The van der Waals surface area contributed by atoms with Gasteiger partial charge < -0.3 is 10.1 Å². The van der Waals surface area contributed by atoms with Gasteiger partial charge in [0.25, 0.3) is 0 Å². The quantitative estimate of drug-likeness (QED) is 0.754. The summed E-state index contributed by atoms with van der Waals surface area (Å²) in [5.41, 5.74) is 1.17. The van der Waals surface area contributed by atoms with Gasteiger partial charge in [-0.15, -0.1) is 0 Å². The van der Waals surface area contributed by atoms with E-state index in [1.807, 2.05) is 31.2 Å². The van der Waals surface area contributed by atoms with E-state index in [0.717, 1.165) is 18.6 Å². The maximum absolute atomic E-state index is 12.2. The number of carbonyl (C=O) groups excluding carboxylic acids is 1. The molecule has 0 spiro atoms. The highest BCUT2D eigenvalue weighted by Gasteiger charge is 2.31. The first kappa shape index (κ1) is 18.7. The van der Waals surface area contributed by atoms with Gasteiger partial charge in [0.05, 0.1) is 18.2 Å². The number of carbonyl (C=O) groups is 1. The smallest absolute Gasteiger partial charge is 0.224 e. The maximum Gasteiger partial charge on any atom is 0.224 e. The van der Waals surface area contributed by atoms with Crippen LogP contribution in [0, 0.1) is 12.8 Å². The minimum Gasteiger partial charge on any atom is -0.492 e. The summed E-state index contributed by atoms with van der Waals surface area (Å²) in [5.74, 6) is 0.469. The number of rotatable bonds is 7. The third kappa shape index (κ3) is 5.21. The molecule has 1 aliphatic rings. The van der Waals surface area contributed by atoms with Gasteiger partial charge in [0.1, 0.15) is 12.4 Å². The van der Waals surface area contributed by atoms with Gasteiger partial charge in [0, 0.05) is 13.1 Å². The molecule has 6 nitrogen and oxygen atoms in total. The van der Waals surface area contributed by atoms with Crippen LogP contribution in [-0.2, 0) is 14.8 Å². The van der Waals surface area contributed by atoms with Crippen LogP contribution in [0.2, 0.25) is 0 Å². The predicted molar refractivity (Wildman–Crippen MR) is 93.4 cm³/mol. The Balaban J connectivity index is 1.75. The van der Waals surface area contributed by atoms with Crippen molar-refractivity contribution >= 4 is 15.9 Å². The molecule has 134 valence electrons. The van der Waals surface area contributed by atoms with E-state index in [1.165, 1.54) is 9.87 Å². The summed E-state index contributed by atoms with van der Waals surface area (Å²) in [6, 6.07) is 7.73. The van der Waals surface area contributed by atoms with E-state index in [9.17, 15) is 13.2 Å². The molecule has 1 atom stereocenters. The number of nitrogens with one attached hydrogen (secondary N) is 1. The Hall–Kier alpha value is -1.60. The van der Waals surface area contributed by atoms with Crippen LogP contribution >= 0.6 is 0 Å². The molecule has 24 heavy (non-hydrogen) atoms. The monoisotopic (exact) mass is 354 g/mol. The van der Waals surface area contributed by atoms with E-state index < -0.39 is 10.0 Å². The molecule has 0 unspecified atom stereocenters. The van der Waals surface area contributed by atoms with E-state index in [-0.39, 0.29) is 24.1 Å². The largest absolute Gasteiger partial charge is 0.492 e. The second-order valence-electron chi connectivity index (χ2n) is 6.05. The number of piperidine rings is 1. The van der Waals surface area contributed by atoms with E-state index in [2.05, 4.69) is 5.32 Å². The Kier molecular flexibility index (Phi) is 6.62. The minimum absolute atomic E-state index is 0.0751. The topological polar surface area (TPSA) is 75.7 Å². The molecular weight excluding hydrogens is 328 g/mol. The molecule has 1 aromatic rings. The predicted octanol–water partition coefficient (Wildman–Crippen LogP) is 1.55. The molecule has 0 aliphatic carbocycles. The Morgan fingerprint density at radius 3 is 2.71 bits per heavy atom. The number of aryl methyl sites for hydroxylation is 1.